The lowest BCUT2D eigenvalue weighted by Gasteiger charge is -2.19. The lowest BCUT2D eigenvalue weighted by atomic mass is 10.3. The molecule has 1 fully saturated rings. The summed E-state index contributed by atoms with van der Waals surface area (Å²) in [5.41, 5.74) is 1.02. The Labute approximate surface area is 114 Å². The Balaban J connectivity index is 1.94. The Bertz CT molecular complexity index is 424. The van der Waals surface area contributed by atoms with Crippen molar-refractivity contribution in [3.05, 3.63) is 18.0 Å². The van der Waals surface area contributed by atoms with Gasteiger partial charge < -0.3 is 4.74 Å². The quantitative estimate of drug-likeness (QED) is 0.707. The number of hydrogen-bond acceptors (Lipinski definition) is 4. The number of nitrogens with zero attached hydrogens (tertiary/aromatic N) is 3. The van der Waals surface area contributed by atoms with Crippen LogP contribution in [0.15, 0.2) is 12.3 Å². The van der Waals surface area contributed by atoms with Crippen molar-refractivity contribution in [1.82, 2.24) is 14.7 Å². The highest BCUT2D eigenvalue weighted by Gasteiger charge is 2.31. The van der Waals surface area contributed by atoms with Crippen LogP contribution in [-0.4, -0.2) is 39.8 Å². The molecule has 0 aliphatic heterocycles. The van der Waals surface area contributed by atoms with Crippen molar-refractivity contribution in [2.45, 2.75) is 52.2 Å². The van der Waals surface area contributed by atoms with Gasteiger partial charge in [-0.1, -0.05) is 0 Å². The molecule has 106 valence electrons. The molecule has 1 aliphatic rings. The van der Waals surface area contributed by atoms with Crippen molar-refractivity contribution in [2.24, 2.45) is 0 Å². The molecule has 0 unspecified atom stereocenters. The maximum Gasteiger partial charge on any atom is 0.320 e. The molecule has 2 rings (SSSR count). The monoisotopic (exact) mass is 265 g/mol. The molecule has 1 heterocycles. The minimum absolute atomic E-state index is 0.141. The van der Waals surface area contributed by atoms with Crippen LogP contribution in [-0.2, 0) is 16.1 Å². The number of carbonyl (C=O) groups excluding carboxylic acids is 1. The molecule has 0 atom stereocenters. The van der Waals surface area contributed by atoms with E-state index in [1.54, 1.807) is 0 Å². The van der Waals surface area contributed by atoms with E-state index in [2.05, 4.69) is 23.8 Å². The molecule has 1 aliphatic carbocycles. The molecule has 19 heavy (non-hydrogen) atoms. The molecule has 0 bridgehead atoms. The van der Waals surface area contributed by atoms with E-state index in [1.165, 1.54) is 12.8 Å². The van der Waals surface area contributed by atoms with Crippen LogP contribution in [0.4, 0.5) is 0 Å². The largest absolute Gasteiger partial charge is 0.465 e. The first-order valence-electron chi connectivity index (χ1n) is 7.04. The van der Waals surface area contributed by atoms with E-state index < -0.39 is 0 Å². The maximum absolute atomic E-state index is 11.6. The fourth-order valence-electron chi connectivity index (χ4n) is 2.08. The second-order valence-corrected chi connectivity index (χ2v) is 5.32. The molecule has 1 aromatic heterocycles. The molecule has 1 saturated carbocycles. The van der Waals surface area contributed by atoms with Crippen LogP contribution in [0.1, 0.15) is 45.3 Å². The van der Waals surface area contributed by atoms with Crippen LogP contribution in [0.25, 0.3) is 0 Å². The highest BCUT2D eigenvalue weighted by Crippen LogP contribution is 2.28. The third kappa shape index (κ3) is 4.06. The molecule has 0 radical (unpaired) electrons. The Morgan fingerprint density at radius 3 is 2.84 bits per heavy atom. The van der Waals surface area contributed by atoms with Crippen molar-refractivity contribution in [3.63, 3.8) is 0 Å². The number of rotatable bonds is 7. The normalized spacial score (nSPS) is 15.2. The van der Waals surface area contributed by atoms with Gasteiger partial charge in [0.25, 0.3) is 0 Å². The average molecular weight is 265 g/mol. The van der Waals surface area contributed by atoms with E-state index in [4.69, 9.17) is 4.74 Å². The SMILES string of the molecule is CCOC(=O)CN(Cc1ccn(C(C)C)n1)C1CC1. The van der Waals surface area contributed by atoms with Gasteiger partial charge in [-0.25, -0.2) is 0 Å². The minimum Gasteiger partial charge on any atom is -0.465 e. The number of hydrogen-bond donors (Lipinski definition) is 0. The van der Waals surface area contributed by atoms with Crippen molar-refractivity contribution < 1.29 is 9.53 Å². The van der Waals surface area contributed by atoms with Gasteiger partial charge in [0.1, 0.15) is 0 Å². The molecular weight excluding hydrogens is 242 g/mol. The van der Waals surface area contributed by atoms with Gasteiger partial charge in [0.15, 0.2) is 0 Å². The molecule has 1 aromatic rings. The molecule has 5 heteroatoms. The highest BCUT2D eigenvalue weighted by molar-refractivity contribution is 5.71. The second-order valence-electron chi connectivity index (χ2n) is 5.32. The Morgan fingerprint density at radius 1 is 1.58 bits per heavy atom. The lowest BCUT2D eigenvalue weighted by Crippen LogP contribution is -2.32. The average Bonchev–Trinajstić information content (AvgIpc) is 3.09. The predicted molar refractivity (Wildman–Crippen MR) is 72.7 cm³/mol. The molecular formula is C14H23N3O2. The zero-order chi connectivity index (χ0) is 13.8. The molecule has 0 spiro atoms. The van der Waals surface area contributed by atoms with Crippen LogP contribution in [0.5, 0.6) is 0 Å². The topological polar surface area (TPSA) is 47.4 Å². The second kappa shape index (κ2) is 6.19. The van der Waals surface area contributed by atoms with Crippen LogP contribution in [0.3, 0.4) is 0 Å². The third-order valence-corrected chi connectivity index (χ3v) is 3.26. The zero-order valence-corrected chi connectivity index (χ0v) is 12.0. The Morgan fingerprint density at radius 2 is 2.32 bits per heavy atom. The maximum atomic E-state index is 11.6. The summed E-state index contributed by atoms with van der Waals surface area (Å²) < 4.78 is 6.97. The van der Waals surface area contributed by atoms with E-state index in [0.717, 1.165) is 12.2 Å². The summed E-state index contributed by atoms with van der Waals surface area (Å²) >= 11 is 0. The number of ether oxygens (including phenoxy) is 1. The van der Waals surface area contributed by atoms with Gasteiger partial charge in [0.2, 0.25) is 0 Å². The van der Waals surface area contributed by atoms with Crippen LogP contribution >= 0.6 is 0 Å². The summed E-state index contributed by atoms with van der Waals surface area (Å²) in [5.74, 6) is -0.141. The van der Waals surface area contributed by atoms with Crippen LogP contribution < -0.4 is 0 Å². The number of carbonyl (C=O) groups is 1. The summed E-state index contributed by atoms with van der Waals surface area (Å²) in [4.78, 5) is 13.8. The fourth-order valence-corrected chi connectivity index (χ4v) is 2.08. The van der Waals surface area contributed by atoms with Crippen molar-refractivity contribution >= 4 is 5.97 Å². The minimum atomic E-state index is -0.141. The van der Waals surface area contributed by atoms with Gasteiger partial charge >= 0.3 is 5.97 Å². The van der Waals surface area contributed by atoms with E-state index in [0.29, 0.717) is 25.2 Å². The van der Waals surface area contributed by atoms with E-state index >= 15 is 0 Å². The highest BCUT2D eigenvalue weighted by atomic mass is 16.5. The van der Waals surface area contributed by atoms with Crippen molar-refractivity contribution in [3.8, 4) is 0 Å². The molecule has 0 amide bonds. The van der Waals surface area contributed by atoms with Gasteiger partial charge in [0.05, 0.1) is 18.8 Å². The lowest BCUT2D eigenvalue weighted by molar-refractivity contribution is -0.144. The standard InChI is InChI=1S/C14H23N3O2/c1-4-19-14(18)10-16(13-5-6-13)9-12-7-8-17(15-12)11(2)3/h7-8,11,13H,4-6,9-10H2,1-3H3. The van der Waals surface area contributed by atoms with Crippen molar-refractivity contribution in [1.29, 1.82) is 0 Å². The fraction of sp³-hybridized carbons (Fsp3) is 0.714. The molecule has 0 N–H and O–H groups in total. The van der Waals surface area contributed by atoms with Gasteiger partial charge in [-0.3, -0.25) is 14.4 Å². The van der Waals surface area contributed by atoms with E-state index in [1.807, 2.05) is 23.9 Å². The Kier molecular flexibility index (Phi) is 4.58. The van der Waals surface area contributed by atoms with Gasteiger partial charge in [0, 0.05) is 24.8 Å². The summed E-state index contributed by atoms with van der Waals surface area (Å²) in [6.45, 7) is 7.58. The Hall–Kier alpha value is -1.36. The molecule has 0 saturated heterocycles. The number of esters is 1. The van der Waals surface area contributed by atoms with Crippen LogP contribution in [0, 0.1) is 0 Å². The predicted octanol–water partition coefficient (Wildman–Crippen LogP) is 1.99. The van der Waals surface area contributed by atoms with Crippen LogP contribution in [0.2, 0.25) is 0 Å². The first-order valence-corrected chi connectivity index (χ1v) is 7.04. The van der Waals surface area contributed by atoms with E-state index in [-0.39, 0.29) is 5.97 Å². The van der Waals surface area contributed by atoms with Gasteiger partial charge in [-0.2, -0.15) is 5.10 Å². The van der Waals surface area contributed by atoms with Crippen molar-refractivity contribution in [2.75, 3.05) is 13.2 Å². The first-order chi connectivity index (χ1) is 9.10. The summed E-state index contributed by atoms with van der Waals surface area (Å²) in [7, 11) is 0. The van der Waals surface area contributed by atoms with Gasteiger partial charge in [-0.05, 0) is 39.7 Å². The van der Waals surface area contributed by atoms with Gasteiger partial charge in [-0.15, -0.1) is 0 Å². The molecule has 0 aromatic carbocycles. The summed E-state index contributed by atoms with van der Waals surface area (Å²) in [5, 5.41) is 4.54. The zero-order valence-electron chi connectivity index (χ0n) is 12.0. The third-order valence-electron chi connectivity index (χ3n) is 3.26. The molecule has 5 nitrogen and oxygen atoms in total. The number of aromatic nitrogens is 2. The summed E-state index contributed by atoms with van der Waals surface area (Å²) in [6, 6.07) is 2.92. The first kappa shape index (κ1) is 14.1. The van der Waals surface area contributed by atoms with E-state index in [9.17, 15) is 4.79 Å². The smallest absolute Gasteiger partial charge is 0.320 e. The summed E-state index contributed by atoms with van der Waals surface area (Å²) in [6.07, 6.45) is 4.34.